The van der Waals surface area contributed by atoms with Gasteiger partial charge in [-0.05, 0) is 36.8 Å². The van der Waals surface area contributed by atoms with Crippen LogP contribution in [0.4, 0.5) is 13.6 Å². The van der Waals surface area contributed by atoms with E-state index in [4.69, 9.17) is 27.9 Å². The number of benzene rings is 2. The van der Waals surface area contributed by atoms with Crippen molar-refractivity contribution in [1.29, 1.82) is 0 Å². The maximum Gasteiger partial charge on any atom is 0.325 e. The molecule has 2 atom stereocenters. The van der Waals surface area contributed by atoms with E-state index < -0.39 is 35.2 Å². The van der Waals surface area contributed by atoms with E-state index in [1.54, 1.807) is 6.07 Å². The van der Waals surface area contributed by atoms with Gasteiger partial charge in [0.25, 0.3) is 5.91 Å². The molecule has 0 spiro atoms. The van der Waals surface area contributed by atoms with Gasteiger partial charge in [-0.3, -0.25) is 9.69 Å². The summed E-state index contributed by atoms with van der Waals surface area (Å²) in [5.41, 5.74) is -1.52. The van der Waals surface area contributed by atoms with E-state index in [1.807, 2.05) is 0 Å². The van der Waals surface area contributed by atoms with Gasteiger partial charge in [0, 0.05) is 11.1 Å². The third-order valence-electron chi connectivity index (χ3n) is 4.49. The molecule has 2 aromatic carbocycles. The van der Waals surface area contributed by atoms with Crippen LogP contribution in [0.1, 0.15) is 12.5 Å². The summed E-state index contributed by atoms with van der Waals surface area (Å²) in [5, 5.41) is 13.3. The topological polar surface area (TPSA) is 78.9 Å². The summed E-state index contributed by atoms with van der Waals surface area (Å²) >= 11 is 11.8. The second kappa shape index (κ2) is 8.14. The molecule has 10 heteroatoms. The summed E-state index contributed by atoms with van der Waals surface area (Å²) in [4.78, 5) is 25.8. The standard InChI is InChI=1S/C19H16Cl2F2N2O4/c1-19(10-2-5-14(22)15(23)6-10)17(27)25(18(28)24-19)8-12(26)9-29-16-7-11(20)3-4-13(16)21/h2-7,12,26H,8-9H2,1H3,(H,24,28). The van der Waals surface area contributed by atoms with Gasteiger partial charge in [0.2, 0.25) is 0 Å². The minimum atomic E-state index is -1.59. The monoisotopic (exact) mass is 444 g/mol. The zero-order valence-electron chi connectivity index (χ0n) is 15.1. The number of carbonyl (C=O) groups excluding carboxylic acids is 2. The molecule has 0 bridgehead atoms. The van der Waals surface area contributed by atoms with E-state index in [9.17, 15) is 23.5 Å². The van der Waals surface area contributed by atoms with Crippen LogP contribution in [0.5, 0.6) is 5.75 Å². The van der Waals surface area contributed by atoms with Gasteiger partial charge >= 0.3 is 6.03 Å². The molecule has 2 N–H and O–H groups in total. The Morgan fingerprint density at radius 1 is 1.17 bits per heavy atom. The van der Waals surface area contributed by atoms with E-state index in [0.29, 0.717) is 5.02 Å². The highest BCUT2D eigenvalue weighted by atomic mass is 35.5. The lowest BCUT2D eigenvalue weighted by molar-refractivity contribution is -0.132. The number of β-amino-alcohol motifs (C(OH)–C–C–N with tert-alkyl or cyclic N) is 1. The van der Waals surface area contributed by atoms with Crippen LogP contribution >= 0.6 is 23.2 Å². The van der Waals surface area contributed by atoms with Crippen LogP contribution < -0.4 is 10.1 Å². The van der Waals surface area contributed by atoms with Crippen molar-refractivity contribution in [3.05, 3.63) is 63.6 Å². The Morgan fingerprint density at radius 3 is 2.59 bits per heavy atom. The first-order valence-corrected chi connectivity index (χ1v) is 9.23. The fourth-order valence-corrected chi connectivity index (χ4v) is 3.24. The lowest BCUT2D eigenvalue weighted by atomic mass is 9.92. The summed E-state index contributed by atoms with van der Waals surface area (Å²) in [6.07, 6.45) is -1.23. The minimum absolute atomic E-state index is 0.0775. The van der Waals surface area contributed by atoms with Crippen LogP contribution in [0, 0.1) is 11.6 Å². The van der Waals surface area contributed by atoms with Gasteiger partial charge in [-0.1, -0.05) is 29.3 Å². The number of aliphatic hydroxyl groups is 1. The van der Waals surface area contributed by atoms with Crippen LogP contribution in [0.3, 0.4) is 0 Å². The number of imide groups is 1. The zero-order chi connectivity index (χ0) is 21.3. The fourth-order valence-electron chi connectivity index (χ4n) is 2.90. The Bertz CT molecular complexity index is 975. The Hall–Kier alpha value is -2.42. The predicted molar refractivity (Wildman–Crippen MR) is 102 cm³/mol. The molecule has 1 saturated heterocycles. The van der Waals surface area contributed by atoms with E-state index in [1.165, 1.54) is 25.1 Å². The molecule has 0 radical (unpaired) electrons. The summed E-state index contributed by atoms with van der Waals surface area (Å²) in [6.45, 7) is 0.732. The number of ether oxygens (including phenoxy) is 1. The first-order chi connectivity index (χ1) is 13.6. The average molecular weight is 445 g/mol. The highest BCUT2D eigenvalue weighted by molar-refractivity contribution is 6.34. The molecular formula is C19H16Cl2F2N2O4. The lowest BCUT2D eigenvalue weighted by Crippen LogP contribution is -2.42. The predicted octanol–water partition coefficient (Wildman–Crippen LogP) is 3.48. The molecule has 3 rings (SSSR count). The molecule has 0 aliphatic carbocycles. The summed E-state index contributed by atoms with van der Waals surface area (Å²) in [6, 6.07) is 6.70. The van der Waals surface area contributed by atoms with Crippen LogP contribution in [0.25, 0.3) is 0 Å². The molecule has 2 unspecified atom stereocenters. The molecule has 6 nitrogen and oxygen atoms in total. The van der Waals surface area contributed by atoms with Gasteiger partial charge in [-0.2, -0.15) is 0 Å². The number of amides is 3. The van der Waals surface area contributed by atoms with Crippen LogP contribution in [0.15, 0.2) is 36.4 Å². The largest absolute Gasteiger partial charge is 0.489 e. The second-order valence-corrected chi connectivity index (χ2v) is 7.48. The van der Waals surface area contributed by atoms with Gasteiger partial charge in [0.15, 0.2) is 11.6 Å². The van der Waals surface area contributed by atoms with Crippen LogP contribution in [-0.4, -0.2) is 41.2 Å². The molecule has 0 saturated carbocycles. The second-order valence-electron chi connectivity index (χ2n) is 6.64. The molecule has 1 fully saturated rings. The number of halogens is 4. The number of aliphatic hydroxyl groups excluding tert-OH is 1. The number of hydrogen-bond donors (Lipinski definition) is 2. The number of carbonyl (C=O) groups is 2. The van der Waals surface area contributed by atoms with Gasteiger partial charge in [-0.15, -0.1) is 0 Å². The Morgan fingerprint density at radius 2 is 1.90 bits per heavy atom. The third-order valence-corrected chi connectivity index (χ3v) is 5.04. The zero-order valence-corrected chi connectivity index (χ0v) is 16.6. The van der Waals surface area contributed by atoms with Crippen LogP contribution in [0.2, 0.25) is 10.0 Å². The van der Waals surface area contributed by atoms with E-state index in [-0.39, 0.29) is 29.5 Å². The molecule has 1 aliphatic rings. The number of nitrogens with zero attached hydrogens (tertiary/aromatic N) is 1. The van der Waals surface area contributed by atoms with Crippen molar-refractivity contribution >= 4 is 35.1 Å². The van der Waals surface area contributed by atoms with Gasteiger partial charge < -0.3 is 15.2 Å². The average Bonchev–Trinajstić information content (AvgIpc) is 2.88. The highest BCUT2D eigenvalue weighted by Crippen LogP contribution is 2.30. The van der Waals surface area contributed by atoms with Crippen molar-refractivity contribution in [2.24, 2.45) is 0 Å². The SMILES string of the molecule is CC1(c2ccc(F)c(F)c2)NC(=O)N(CC(O)COc2cc(Cl)ccc2Cl)C1=O. The molecule has 1 aliphatic heterocycles. The number of rotatable bonds is 6. The number of nitrogens with one attached hydrogen (secondary N) is 1. The Labute approximate surface area is 175 Å². The van der Waals surface area contributed by atoms with Crippen molar-refractivity contribution < 1.29 is 28.2 Å². The highest BCUT2D eigenvalue weighted by Gasteiger charge is 2.49. The van der Waals surface area contributed by atoms with Gasteiger partial charge in [0.1, 0.15) is 24.0 Å². The number of urea groups is 1. The maximum absolute atomic E-state index is 13.6. The molecule has 1 heterocycles. The fraction of sp³-hybridized carbons (Fsp3) is 0.263. The Balaban J connectivity index is 1.69. The summed E-state index contributed by atoms with van der Waals surface area (Å²) < 4.78 is 32.2. The normalized spacial score (nSPS) is 20.0. The quantitative estimate of drug-likeness (QED) is 0.668. The van der Waals surface area contributed by atoms with E-state index in [2.05, 4.69) is 5.32 Å². The smallest absolute Gasteiger partial charge is 0.325 e. The number of hydrogen-bond acceptors (Lipinski definition) is 4. The summed E-state index contributed by atoms with van der Waals surface area (Å²) in [7, 11) is 0. The molecule has 29 heavy (non-hydrogen) atoms. The van der Waals surface area contributed by atoms with E-state index >= 15 is 0 Å². The van der Waals surface area contributed by atoms with Crippen molar-refractivity contribution in [2.45, 2.75) is 18.6 Å². The van der Waals surface area contributed by atoms with Crippen LogP contribution in [-0.2, 0) is 10.3 Å². The summed E-state index contributed by atoms with van der Waals surface area (Å²) in [5.74, 6) is -2.69. The first-order valence-electron chi connectivity index (χ1n) is 8.47. The van der Waals surface area contributed by atoms with Crippen molar-refractivity contribution in [3.8, 4) is 5.75 Å². The minimum Gasteiger partial charge on any atom is -0.489 e. The Kier molecular flexibility index (Phi) is 5.97. The third kappa shape index (κ3) is 4.29. The van der Waals surface area contributed by atoms with Crippen molar-refractivity contribution in [1.82, 2.24) is 10.2 Å². The van der Waals surface area contributed by atoms with Crippen molar-refractivity contribution in [2.75, 3.05) is 13.2 Å². The van der Waals surface area contributed by atoms with Crippen molar-refractivity contribution in [3.63, 3.8) is 0 Å². The lowest BCUT2D eigenvalue weighted by Gasteiger charge is -2.23. The molecule has 3 amide bonds. The molecule has 0 aromatic heterocycles. The first kappa shape index (κ1) is 21.3. The van der Waals surface area contributed by atoms with E-state index in [0.717, 1.165) is 17.0 Å². The maximum atomic E-state index is 13.6. The molecular weight excluding hydrogens is 429 g/mol. The van der Waals surface area contributed by atoms with Gasteiger partial charge in [-0.25, -0.2) is 13.6 Å². The molecule has 2 aromatic rings. The van der Waals surface area contributed by atoms with Gasteiger partial charge in [0.05, 0.1) is 11.6 Å². The molecule has 154 valence electrons.